The lowest BCUT2D eigenvalue weighted by atomic mass is 9.89. The lowest BCUT2D eigenvalue weighted by Gasteiger charge is -2.17. The molecule has 5 rings (SSSR count). The van der Waals surface area contributed by atoms with Crippen LogP contribution in [0.1, 0.15) is 74.0 Å². The van der Waals surface area contributed by atoms with Crippen LogP contribution in [0.15, 0.2) is 47.5 Å². The summed E-state index contributed by atoms with van der Waals surface area (Å²) in [6, 6.07) is 8.70. The van der Waals surface area contributed by atoms with Crippen molar-refractivity contribution in [3.05, 3.63) is 64.5 Å². The molecule has 0 N–H and O–H groups in total. The third-order valence-corrected chi connectivity index (χ3v) is 6.33. The summed E-state index contributed by atoms with van der Waals surface area (Å²) in [5.74, 6) is 1.35. The van der Waals surface area contributed by atoms with Crippen LogP contribution in [0.25, 0.3) is 22.4 Å². The number of ether oxygens (including phenoxy) is 1. The Kier molecular flexibility index (Phi) is 5.90. The van der Waals surface area contributed by atoms with Gasteiger partial charge in [-0.2, -0.15) is 9.50 Å². The zero-order valence-corrected chi connectivity index (χ0v) is 18.7. The van der Waals surface area contributed by atoms with Crippen LogP contribution in [0.2, 0.25) is 0 Å². The summed E-state index contributed by atoms with van der Waals surface area (Å²) in [4.78, 5) is 34.4. The summed E-state index contributed by atoms with van der Waals surface area (Å²) < 4.78 is 8.47. The minimum atomic E-state index is -0.354. The molecule has 1 aliphatic carbocycles. The number of carbonyl (C=O) groups is 1. The number of aromatic nitrogens is 5. The molecular weight excluding hydrogens is 418 g/mol. The molecule has 0 unspecified atom stereocenters. The van der Waals surface area contributed by atoms with Crippen molar-refractivity contribution in [2.45, 2.75) is 57.8 Å². The number of hydrogen-bond acceptors (Lipinski definition) is 6. The monoisotopic (exact) mass is 445 g/mol. The predicted molar refractivity (Wildman–Crippen MR) is 125 cm³/mol. The van der Waals surface area contributed by atoms with Crippen molar-refractivity contribution in [1.29, 1.82) is 0 Å². The van der Waals surface area contributed by atoms with Gasteiger partial charge in [0.15, 0.2) is 5.82 Å². The summed E-state index contributed by atoms with van der Waals surface area (Å²) in [5, 5.41) is 5.18. The van der Waals surface area contributed by atoms with Crippen LogP contribution in [0, 0.1) is 0 Å². The Balaban J connectivity index is 1.46. The first kappa shape index (κ1) is 21.3. The second-order valence-electron chi connectivity index (χ2n) is 8.60. The predicted octanol–water partition coefficient (Wildman–Crippen LogP) is 4.43. The molecule has 0 bridgehead atoms. The van der Waals surface area contributed by atoms with Gasteiger partial charge in [0.25, 0.3) is 11.3 Å². The molecule has 1 saturated carbocycles. The summed E-state index contributed by atoms with van der Waals surface area (Å²) in [7, 11) is 0. The highest BCUT2D eigenvalue weighted by atomic mass is 16.5. The van der Waals surface area contributed by atoms with E-state index < -0.39 is 0 Å². The highest BCUT2D eigenvalue weighted by Crippen LogP contribution is 2.31. The lowest BCUT2D eigenvalue weighted by molar-refractivity contribution is 0.0500. The Morgan fingerprint density at radius 1 is 1.12 bits per heavy atom. The van der Waals surface area contributed by atoms with Gasteiger partial charge in [-0.15, -0.1) is 5.10 Å². The third kappa shape index (κ3) is 4.13. The molecular formula is C25H27N5O3. The van der Waals surface area contributed by atoms with Crippen molar-refractivity contribution in [3.8, 4) is 5.69 Å². The van der Waals surface area contributed by atoms with E-state index in [9.17, 15) is 9.59 Å². The van der Waals surface area contributed by atoms with Crippen LogP contribution in [0.3, 0.4) is 0 Å². The maximum Gasteiger partial charge on any atom is 0.338 e. The van der Waals surface area contributed by atoms with Crippen molar-refractivity contribution in [3.63, 3.8) is 0 Å². The van der Waals surface area contributed by atoms with Crippen LogP contribution in [-0.2, 0) is 4.74 Å². The van der Waals surface area contributed by atoms with Crippen molar-refractivity contribution < 1.29 is 9.53 Å². The van der Waals surface area contributed by atoms with Gasteiger partial charge >= 0.3 is 5.97 Å². The largest absolute Gasteiger partial charge is 0.462 e. The topological polar surface area (TPSA) is 91.4 Å². The van der Waals surface area contributed by atoms with Gasteiger partial charge in [0, 0.05) is 24.0 Å². The van der Waals surface area contributed by atoms with E-state index in [1.54, 1.807) is 45.7 Å². The number of unbranched alkanes of at least 4 members (excludes halogenated alkanes) is 1. The van der Waals surface area contributed by atoms with Crippen LogP contribution in [0.5, 0.6) is 0 Å². The minimum absolute atomic E-state index is 0.199. The molecule has 0 amide bonds. The standard InChI is InChI=1S/C25H27N5O3/c1-2-3-15-33-24(32)18-9-11-19(12-10-18)29-14-13-21-20(23(29)31)16-26-25-27-22(28-30(21)25)17-7-5-4-6-8-17/h9-14,16-17H,2-8,15H2,1H3. The normalized spacial score (nSPS) is 14.7. The van der Waals surface area contributed by atoms with E-state index in [1.165, 1.54) is 19.3 Å². The molecule has 170 valence electrons. The molecule has 8 nitrogen and oxygen atoms in total. The second-order valence-corrected chi connectivity index (χ2v) is 8.60. The molecule has 0 spiro atoms. The first-order valence-electron chi connectivity index (χ1n) is 11.7. The quantitative estimate of drug-likeness (QED) is 0.322. The molecule has 1 aromatic carbocycles. The number of esters is 1. The number of nitrogens with zero attached hydrogens (tertiary/aromatic N) is 5. The third-order valence-electron chi connectivity index (χ3n) is 6.33. The van der Waals surface area contributed by atoms with Crippen LogP contribution >= 0.6 is 0 Å². The Bertz CT molecular complexity index is 1350. The molecule has 33 heavy (non-hydrogen) atoms. The molecule has 0 aliphatic heterocycles. The van der Waals surface area contributed by atoms with Crippen molar-refractivity contribution >= 4 is 22.6 Å². The maximum absolute atomic E-state index is 13.2. The van der Waals surface area contributed by atoms with Crippen LogP contribution in [-0.4, -0.2) is 36.7 Å². The van der Waals surface area contributed by atoms with E-state index in [0.29, 0.717) is 40.5 Å². The molecule has 0 atom stereocenters. The lowest BCUT2D eigenvalue weighted by Crippen LogP contribution is -2.19. The minimum Gasteiger partial charge on any atom is -0.462 e. The average molecular weight is 446 g/mol. The Hall–Kier alpha value is -3.55. The number of hydrogen-bond donors (Lipinski definition) is 0. The summed E-state index contributed by atoms with van der Waals surface area (Å²) in [6.45, 7) is 2.45. The first-order valence-corrected chi connectivity index (χ1v) is 11.7. The fraction of sp³-hybridized carbons (Fsp3) is 0.400. The Morgan fingerprint density at radius 2 is 1.91 bits per heavy atom. The van der Waals surface area contributed by atoms with Gasteiger partial charge in [-0.3, -0.25) is 9.36 Å². The van der Waals surface area contributed by atoms with E-state index in [1.807, 2.05) is 13.0 Å². The molecule has 0 saturated heterocycles. The maximum atomic E-state index is 13.2. The number of fused-ring (bicyclic) bond motifs is 3. The Morgan fingerprint density at radius 3 is 2.67 bits per heavy atom. The molecule has 3 aromatic heterocycles. The molecule has 0 radical (unpaired) electrons. The molecule has 4 aromatic rings. The van der Waals surface area contributed by atoms with Gasteiger partial charge in [-0.25, -0.2) is 9.78 Å². The van der Waals surface area contributed by atoms with E-state index in [4.69, 9.17) is 9.84 Å². The Labute approximate surface area is 191 Å². The number of benzene rings is 1. The van der Waals surface area contributed by atoms with Gasteiger partial charge < -0.3 is 4.74 Å². The van der Waals surface area contributed by atoms with E-state index >= 15 is 0 Å². The van der Waals surface area contributed by atoms with Gasteiger partial charge in [0.05, 0.1) is 23.1 Å². The fourth-order valence-electron chi connectivity index (χ4n) is 4.42. The van der Waals surface area contributed by atoms with E-state index in [2.05, 4.69) is 9.97 Å². The van der Waals surface area contributed by atoms with Gasteiger partial charge in [0.1, 0.15) is 0 Å². The summed E-state index contributed by atoms with van der Waals surface area (Å²) >= 11 is 0. The number of pyridine rings is 1. The molecule has 8 heteroatoms. The highest BCUT2D eigenvalue weighted by Gasteiger charge is 2.21. The molecule has 1 fully saturated rings. The fourth-order valence-corrected chi connectivity index (χ4v) is 4.42. The smallest absolute Gasteiger partial charge is 0.338 e. The van der Waals surface area contributed by atoms with E-state index in [0.717, 1.165) is 31.5 Å². The van der Waals surface area contributed by atoms with Crippen LogP contribution < -0.4 is 5.56 Å². The van der Waals surface area contributed by atoms with Crippen molar-refractivity contribution in [1.82, 2.24) is 24.1 Å². The number of carbonyl (C=O) groups excluding carboxylic acids is 1. The molecule has 1 aliphatic rings. The van der Waals surface area contributed by atoms with Crippen molar-refractivity contribution in [2.24, 2.45) is 0 Å². The molecule has 3 heterocycles. The van der Waals surface area contributed by atoms with Crippen molar-refractivity contribution in [2.75, 3.05) is 6.61 Å². The zero-order valence-electron chi connectivity index (χ0n) is 18.7. The first-order chi connectivity index (χ1) is 16.2. The van der Waals surface area contributed by atoms with Gasteiger partial charge in [0.2, 0.25) is 0 Å². The highest BCUT2D eigenvalue weighted by molar-refractivity contribution is 5.89. The van der Waals surface area contributed by atoms with Crippen LogP contribution in [0.4, 0.5) is 0 Å². The zero-order chi connectivity index (χ0) is 22.8. The SMILES string of the molecule is CCCCOC(=O)c1ccc(-n2ccc3c(cnc4nc(C5CCCCC5)nn43)c2=O)cc1. The second kappa shape index (κ2) is 9.13. The van der Waals surface area contributed by atoms with E-state index in [-0.39, 0.29) is 11.5 Å². The number of rotatable bonds is 6. The summed E-state index contributed by atoms with van der Waals surface area (Å²) in [6.07, 6.45) is 11.0. The van der Waals surface area contributed by atoms with Gasteiger partial charge in [-0.05, 0) is 49.6 Å². The van der Waals surface area contributed by atoms with Gasteiger partial charge in [-0.1, -0.05) is 32.6 Å². The average Bonchev–Trinajstić information content (AvgIpc) is 3.30. The summed E-state index contributed by atoms with van der Waals surface area (Å²) in [5.41, 5.74) is 1.61.